The van der Waals surface area contributed by atoms with Gasteiger partial charge in [-0.25, -0.2) is 9.98 Å². The number of aromatic nitrogens is 1. The minimum atomic E-state index is -1.76. The number of thiol groups is 1. The van der Waals surface area contributed by atoms with E-state index in [1.165, 1.54) is 49.9 Å². The molecule has 8 rings (SSSR count). The fourth-order valence-electron chi connectivity index (χ4n) is 8.46. The summed E-state index contributed by atoms with van der Waals surface area (Å²) in [6.45, 7) is 44.0. The van der Waals surface area contributed by atoms with Crippen LogP contribution in [0.25, 0.3) is 27.4 Å². The Morgan fingerprint density at radius 2 is 1.38 bits per heavy atom. The van der Waals surface area contributed by atoms with Crippen LogP contribution in [0.15, 0.2) is 137 Å². The molecule has 80 heavy (non-hydrogen) atoms. The molecule has 4 aromatic carbocycles. The summed E-state index contributed by atoms with van der Waals surface area (Å²) in [4.78, 5) is 48.3. The number of aryl methyl sites for hydroxylation is 1. The first kappa shape index (κ1) is 64.8. The van der Waals surface area contributed by atoms with Gasteiger partial charge in [-0.2, -0.15) is 0 Å². The van der Waals surface area contributed by atoms with Crippen molar-refractivity contribution in [2.75, 3.05) is 12.3 Å². The highest BCUT2D eigenvalue weighted by molar-refractivity contribution is 7.99. The number of carbonyl (C=O) groups excluding carboxylic acids is 2. The standard InChI is InChI=1S/C31H39NOS.C16H15NOS.C12H21NOSSi.C9H10O2/c1-20(2)11-9-12-21(3)13-10-14-22(4)17-18-33-27-15-16-28-29(19-27)34-31-26(8)24(6)23(5)25(7)30(31)32-28;1-8-5-6-12-13(7-8)19-16-11(4)15(18)10(3)9(2)14(16)17-12;1-12(2,3)16(4,5)14-9-6-7-10(13)11(15)8-9;1-5-4-8(10)6(2)7(3)9(5)11/h11,13,15-17,19H,6,9-10,12,14,18H2,1-5,7-8H3;5-7H,1-4H3;6-8,15H,13H2,1-5H3;4H,1-3H3/b21-13+,22-17+;;;. The molecule has 8 nitrogen and oxygen atoms in total. The maximum Gasteiger partial charge on any atom is 0.250 e. The molecule has 424 valence electrons. The van der Waals surface area contributed by atoms with Crippen molar-refractivity contribution < 1.29 is 18.8 Å². The van der Waals surface area contributed by atoms with Crippen molar-refractivity contribution in [2.45, 2.75) is 176 Å². The number of ether oxygens (including phenoxy) is 1. The van der Waals surface area contributed by atoms with Crippen LogP contribution in [0, 0.1) is 48.5 Å². The molecule has 0 unspecified atom stereocenters. The molecular formula is C68H85N3O5S3Si. The number of Topliss-reactive ketones (excluding diaryl/α,β-unsaturated/α-hetero) is 1. The van der Waals surface area contributed by atoms with Crippen LogP contribution in [0.2, 0.25) is 18.1 Å². The first-order valence-electron chi connectivity index (χ1n) is 27.4. The number of ketones is 2. The molecule has 2 heterocycles. The van der Waals surface area contributed by atoms with Gasteiger partial charge in [-0.15, -0.1) is 24.0 Å². The topological polar surface area (TPSA) is 121 Å². The van der Waals surface area contributed by atoms with Gasteiger partial charge in [0.25, 0.3) is 0 Å². The van der Waals surface area contributed by atoms with Crippen LogP contribution in [-0.2, 0) is 9.59 Å². The third-order valence-electron chi connectivity index (χ3n) is 15.4. The maximum absolute atomic E-state index is 12.2. The second-order valence-electron chi connectivity index (χ2n) is 23.1. The Bertz CT molecular complexity index is 3660. The summed E-state index contributed by atoms with van der Waals surface area (Å²) in [7, 11) is -1.76. The van der Waals surface area contributed by atoms with Crippen molar-refractivity contribution in [3.05, 3.63) is 172 Å². The van der Waals surface area contributed by atoms with E-state index in [1.54, 1.807) is 43.9 Å². The highest BCUT2D eigenvalue weighted by Gasteiger charge is 2.39. The van der Waals surface area contributed by atoms with Crippen LogP contribution in [-0.4, -0.2) is 31.5 Å². The number of fused-ring (bicyclic) bond motifs is 4. The van der Waals surface area contributed by atoms with E-state index >= 15 is 0 Å². The number of hydrogen-bond acceptors (Lipinski definition) is 11. The largest absolute Gasteiger partial charge is 0.543 e. The molecule has 0 saturated heterocycles. The first-order chi connectivity index (χ1) is 37.3. The molecule has 2 aliphatic heterocycles. The Kier molecular flexibility index (Phi) is 22.4. The molecule has 12 heteroatoms. The summed E-state index contributed by atoms with van der Waals surface area (Å²) in [5.41, 5.74) is 23.0. The number of allylic oxidation sites excluding steroid dienone is 9. The first-order valence-corrected chi connectivity index (χ1v) is 32.4. The highest BCUT2D eigenvalue weighted by atomic mass is 32.2. The van der Waals surface area contributed by atoms with E-state index in [-0.39, 0.29) is 22.0 Å². The second-order valence-corrected chi connectivity index (χ2v) is 30.4. The fraction of sp³-hybridized carbons (Fsp3) is 0.368. The monoisotopic (exact) mass is 1150 g/mol. The van der Waals surface area contributed by atoms with Gasteiger partial charge in [0.1, 0.15) is 18.1 Å². The highest BCUT2D eigenvalue weighted by Crippen LogP contribution is 2.41. The van der Waals surface area contributed by atoms with Gasteiger partial charge in [-0.3, -0.25) is 14.4 Å². The Hall–Kier alpha value is -6.05. The van der Waals surface area contributed by atoms with Crippen LogP contribution >= 0.6 is 35.7 Å². The van der Waals surface area contributed by atoms with E-state index in [0.717, 1.165) is 101 Å². The molecule has 0 bridgehead atoms. The minimum absolute atomic E-state index is 0.0119. The van der Waals surface area contributed by atoms with E-state index in [9.17, 15) is 14.4 Å². The molecule has 2 N–H and O–H groups in total. The van der Waals surface area contributed by atoms with Gasteiger partial charge in [0.05, 0.1) is 31.8 Å². The maximum atomic E-state index is 12.2. The number of nitrogen functional groups attached to an aromatic ring is 1. The molecular weight excluding hydrogens is 1060 g/mol. The lowest BCUT2D eigenvalue weighted by Gasteiger charge is -2.36. The molecule has 4 aliphatic rings. The van der Waals surface area contributed by atoms with Gasteiger partial charge in [-0.1, -0.05) is 74.0 Å². The van der Waals surface area contributed by atoms with Crippen molar-refractivity contribution in [1.29, 1.82) is 0 Å². The average molecular weight is 1150 g/mol. The zero-order valence-electron chi connectivity index (χ0n) is 51.0. The number of nitrogens with zero attached hydrogens (tertiary/aromatic N) is 2. The lowest BCUT2D eigenvalue weighted by Crippen LogP contribution is -2.43. The summed E-state index contributed by atoms with van der Waals surface area (Å²) in [6, 6.07) is 18.1. The molecule has 4 aromatic rings. The molecule has 2 aliphatic carbocycles. The van der Waals surface area contributed by atoms with Crippen molar-refractivity contribution in [1.82, 2.24) is 4.98 Å². The van der Waals surface area contributed by atoms with Gasteiger partial charge in [0, 0.05) is 48.2 Å². The van der Waals surface area contributed by atoms with Gasteiger partial charge in [0.15, 0.2) is 17.0 Å². The summed E-state index contributed by atoms with van der Waals surface area (Å²) >= 11 is 7.75. The van der Waals surface area contributed by atoms with Crippen LogP contribution in [0.5, 0.6) is 11.5 Å². The predicted octanol–water partition coefficient (Wildman–Crippen LogP) is 17.6. The zero-order valence-corrected chi connectivity index (χ0v) is 54.6. The van der Waals surface area contributed by atoms with Crippen molar-refractivity contribution in [3.8, 4) is 22.1 Å². The summed E-state index contributed by atoms with van der Waals surface area (Å²) in [6.07, 6.45) is 12.7. The van der Waals surface area contributed by atoms with Gasteiger partial charge in [0.2, 0.25) is 8.32 Å². The molecule has 0 saturated carbocycles. The Labute approximate surface area is 492 Å². The Balaban J connectivity index is 0.000000215. The van der Waals surface area contributed by atoms with E-state index in [0.29, 0.717) is 29.0 Å². The Morgan fingerprint density at radius 3 is 2.01 bits per heavy atom. The quantitative estimate of drug-likeness (QED) is 0.0328. The number of benzene rings is 5. The number of anilines is 1. The second kappa shape index (κ2) is 27.6. The van der Waals surface area contributed by atoms with E-state index in [4.69, 9.17) is 24.9 Å². The smallest absolute Gasteiger partial charge is 0.250 e. The molecule has 0 spiro atoms. The molecule has 0 aromatic heterocycles. The number of carbonyl (C=O) groups is 2. The third-order valence-corrected chi connectivity index (χ3v) is 22.7. The van der Waals surface area contributed by atoms with Crippen molar-refractivity contribution >= 4 is 83.8 Å². The number of rotatable bonds is 11. The van der Waals surface area contributed by atoms with Gasteiger partial charge in [-0.05, 0) is 234 Å². The van der Waals surface area contributed by atoms with Crippen LogP contribution in [0.3, 0.4) is 0 Å². The fourth-order valence-corrected chi connectivity index (χ4v) is 12.1. The lowest BCUT2D eigenvalue weighted by molar-refractivity contribution is -0.115. The Morgan fingerprint density at radius 1 is 0.738 bits per heavy atom. The van der Waals surface area contributed by atoms with Gasteiger partial charge < -0.3 is 14.9 Å². The SMILES string of the molecule is C=c1c(C)c(C)c2c(c1C)Sc1cc(OC/C=C(\C)CC/C=C(\C)CCC=C(C)C)ccc1N=2.CC(C)(C)[Si](C)(C)Oc1ccc(N)c(S)c1.CC1=CC(=O)C(C)=C(C)C1=O.Cc1ccc2nc3c(C)c(C)c(=O)c(C)c-3sc2c1. The molecule has 0 radical (unpaired) electrons. The van der Waals surface area contributed by atoms with E-state index in [1.807, 2.05) is 45.0 Å². The molecule has 0 amide bonds. The summed E-state index contributed by atoms with van der Waals surface area (Å²) in [5, 5.41) is 2.41. The van der Waals surface area contributed by atoms with Crippen molar-refractivity contribution in [2.24, 2.45) is 4.99 Å². The number of nitrogens with two attached hydrogens (primary N) is 1. The number of hydrogen-bond donors (Lipinski definition) is 2. The third kappa shape index (κ3) is 16.3. The zero-order chi connectivity index (χ0) is 59.7. The summed E-state index contributed by atoms with van der Waals surface area (Å²) < 4.78 is 13.3. The minimum Gasteiger partial charge on any atom is -0.543 e. The molecule has 0 fully saturated rings. The van der Waals surface area contributed by atoms with Crippen LogP contribution in [0.1, 0.15) is 134 Å². The average Bonchev–Trinajstić information content (AvgIpc) is 3.39. The van der Waals surface area contributed by atoms with Crippen LogP contribution in [0.4, 0.5) is 11.4 Å². The molecule has 0 atom stereocenters. The van der Waals surface area contributed by atoms with Crippen molar-refractivity contribution in [3.63, 3.8) is 0 Å². The van der Waals surface area contributed by atoms with E-state index < -0.39 is 8.32 Å². The summed E-state index contributed by atoms with van der Waals surface area (Å²) in [5.74, 6) is 1.70. The van der Waals surface area contributed by atoms with Gasteiger partial charge >= 0.3 is 0 Å². The predicted molar refractivity (Wildman–Crippen MR) is 348 cm³/mol. The normalized spacial score (nSPS) is 13.4. The van der Waals surface area contributed by atoms with Crippen LogP contribution < -0.4 is 30.9 Å². The lowest BCUT2D eigenvalue weighted by atomic mass is 9.92. The van der Waals surface area contributed by atoms with E-state index in [2.05, 4.69) is 157 Å².